The van der Waals surface area contributed by atoms with Crippen molar-refractivity contribution in [2.24, 2.45) is 0 Å². The zero-order chi connectivity index (χ0) is 18.8. The molecule has 1 heterocycles. The largest absolute Gasteiger partial charge is 0.456 e. The fourth-order valence-electron chi connectivity index (χ4n) is 3.26. The van der Waals surface area contributed by atoms with Gasteiger partial charge < -0.3 is 15.1 Å². The van der Waals surface area contributed by atoms with Crippen LogP contribution in [0.5, 0.6) is 0 Å². The van der Waals surface area contributed by atoms with E-state index in [1.165, 1.54) is 0 Å². The van der Waals surface area contributed by atoms with Gasteiger partial charge in [0.2, 0.25) is 0 Å². The summed E-state index contributed by atoms with van der Waals surface area (Å²) in [6.07, 6.45) is 0.721. The van der Waals surface area contributed by atoms with Crippen molar-refractivity contribution in [2.45, 2.75) is 19.4 Å². The Morgan fingerprint density at radius 1 is 1.00 bits per heavy atom. The van der Waals surface area contributed by atoms with Crippen LogP contribution in [0.1, 0.15) is 12.5 Å². The van der Waals surface area contributed by atoms with Gasteiger partial charge in [-0.1, -0.05) is 41.9 Å². The minimum Gasteiger partial charge on any atom is -0.456 e. The molecule has 3 aromatic carbocycles. The lowest BCUT2D eigenvalue weighted by atomic mass is 10.0. The second-order valence-corrected chi connectivity index (χ2v) is 7.08. The van der Waals surface area contributed by atoms with Gasteiger partial charge in [-0.2, -0.15) is 0 Å². The molecule has 27 heavy (non-hydrogen) atoms. The zero-order valence-electron chi connectivity index (χ0n) is 14.8. The van der Waals surface area contributed by atoms with Crippen molar-refractivity contribution < 1.29 is 9.21 Å². The van der Waals surface area contributed by atoms with Crippen molar-refractivity contribution >= 4 is 45.3 Å². The van der Waals surface area contributed by atoms with Crippen LogP contribution in [0.25, 0.3) is 21.9 Å². The summed E-state index contributed by atoms with van der Waals surface area (Å²) in [7, 11) is 0. The highest BCUT2D eigenvalue weighted by Crippen LogP contribution is 2.29. The molecule has 2 N–H and O–H groups in total. The van der Waals surface area contributed by atoms with Crippen LogP contribution in [0.4, 0.5) is 10.5 Å². The van der Waals surface area contributed by atoms with Gasteiger partial charge in [0.1, 0.15) is 11.2 Å². The van der Waals surface area contributed by atoms with Crippen LogP contribution < -0.4 is 10.6 Å². The van der Waals surface area contributed by atoms with Gasteiger partial charge in [-0.3, -0.25) is 0 Å². The van der Waals surface area contributed by atoms with Crippen LogP contribution in [0.3, 0.4) is 0 Å². The Morgan fingerprint density at radius 3 is 2.67 bits per heavy atom. The lowest BCUT2D eigenvalue weighted by Gasteiger charge is -2.15. The summed E-state index contributed by atoms with van der Waals surface area (Å²) >= 11 is 5.94. The van der Waals surface area contributed by atoms with E-state index in [0.29, 0.717) is 10.7 Å². The molecule has 0 bridgehead atoms. The average Bonchev–Trinajstić information content (AvgIpc) is 2.99. The third-order valence-corrected chi connectivity index (χ3v) is 4.68. The van der Waals surface area contributed by atoms with Gasteiger partial charge in [0.05, 0.1) is 0 Å². The van der Waals surface area contributed by atoms with Crippen LogP contribution in [0.2, 0.25) is 5.02 Å². The Kier molecular flexibility index (Phi) is 4.73. The van der Waals surface area contributed by atoms with Gasteiger partial charge in [-0.05, 0) is 55.3 Å². The minimum atomic E-state index is -0.250. The number of halogens is 1. The lowest BCUT2D eigenvalue weighted by molar-refractivity contribution is 0.249. The number of benzene rings is 3. The van der Waals surface area contributed by atoms with E-state index in [2.05, 4.69) is 22.8 Å². The summed E-state index contributed by atoms with van der Waals surface area (Å²) in [5.41, 5.74) is 3.57. The Hall–Kier alpha value is -2.98. The monoisotopic (exact) mass is 378 g/mol. The molecule has 1 aromatic heterocycles. The van der Waals surface area contributed by atoms with Crippen molar-refractivity contribution in [3.8, 4) is 0 Å². The number of anilines is 1. The summed E-state index contributed by atoms with van der Waals surface area (Å²) in [5.74, 6) is 0. The van der Waals surface area contributed by atoms with Gasteiger partial charge in [-0.25, -0.2) is 4.79 Å². The van der Waals surface area contributed by atoms with Crippen molar-refractivity contribution in [3.05, 3.63) is 77.3 Å². The number of furan rings is 1. The third kappa shape index (κ3) is 3.91. The summed E-state index contributed by atoms with van der Waals surface area (Å²) in [6, 6.07) is 21.0. The average molecular weight is 379 g/mol. The number of carbonyl (C=O) groups is 1. The van der Waals surface area contributed by atoms with Crippen molar-refractivity contribution in [1.82, 2.24) is 5.32 Å². The van der Waals surface area contributed by atoms with Crippen molar-refractivity contribution in [2.75, 3.05) is 5.32 Å². The van der Waals surface area contributed by atoms with Crippen LogP contribution in [0.15, 0.2) is 71.1 Å². The molecule has 0 fully saturated rings. The van der Waals surface area contributed by atoms with Crippen LogP contribution >= 0.6 is 11.6 Å². The van der Waals surface area contributed by atoms with Crippen LogP contribution in [0, 0.1) is 0 Å². The molecule has 4 nitrogen and oxygen atoms in total. The second-order valence-electron chi connectivity index (χ2n) is 6.64. The molecule has 1 unspecified atom stereocenters. The molecule has 5 heteroatoms. The van der Waals surface area contributed by atoms with Gasteiger partial charge in [0.25, 0.3) is 0 Å². The van der Waals surface area contributed by atoms with E-state index in [0.717, 1.165) is 33.9 Å². The predicted octanol–water partition coefficient (Wildman–Crippen LogP) is 5.99. The summed E-state index contributed by atoms with van der Waals surface area (Å²) in [6.45, 7) is 1.98. The van der Waals surface area contributed by atoms with Gasteiger partial charge in [0, 0.05) is 27.5 Å². The molecule has 0 aliphatic heterocycles. The summed E-state index contributed by atoms with van der Waals surface area (Å²) < 4.78 is 5.86. The Bertz CT molecular complexity index is 1120. The Morgan fingerprint density at radius 2 is 1.81 bits per heavy atom. The standard InChI is InChI=1S/C22H19ClN2O2/c1-14(24-22(26)25-17-6-4-5-16(23)13-17)11-15-9-10-21-19(12-15)18-7-2-3-8-20(18)27-21/h2-10,12-14H,11H2,1H3,(H2,24,25,26). The SMILES string of the molecule is CC(Cc1ccc2oc3ccccc3c2c1)NC(=O)Nc1cccc(Cl)c1. The van der Waals surface area contributed by atoms with Crippen LogP contribution in [-0.4, -0.2) is 12.1 Å². The normalized spacial score (nSPS) is 12.2. The third-order valence-electron chi connectivity index (χ3n) is 4.44. The van der Waals surface area contributed by atoms with Crippen LogP contribution in [-0.2, 0) is 6.42 Å². The van der Waals surface area contributed by atoms with Gasteiger partial charge in [-0.15, -0.1) is 0 Å². The number of nitrogens with one attached hydrogen (secondary N) is 2. The number of para-hydroxylation sites is 1. The summed E-state index contributed by atoms with van der Waals surface area (Å²) in [5, 5.41) is 8.54. The van der Waals surface area contributed by atoms with E-state index in [1.54, 1.807) is 24.3 Å². The first-order valence-corrected chi connectivity index (χ1v) is 9.19. The molecule has 0 spiro atoms. The highest BCUT2D eigenvalue weighted by Gasteiger charge is 2.11. The fourth-order valence-corrected chi connectivity index (χ4v) is 3.45. The molecule has 2 amide bonds. The van der Waals surface area contributed by atoms with E-state index in [4.69, 9.17) is 16.0 Å². The number of carbonyl (C=O) groups excluding carboxylic acids is 1. The molecule has 0 saturated heterocycles. The Balaban J connectivity index is 1.45. The number of fused-ring (bicyclic) bond motifs is 3. The zero-order valence-corrected chi connectivity index (χ0v) is 15.6. The van der Waals surface area contributed by atoms with E-state index in [1.807, 2.05) is 37.3 Å². The quantitative estimate of drug-likeness (QED) is 0.458. The van der Waals surface area contributed by atoms with E-state index in [-0.39, 0.29) is 12.1 Å². The first-order chi connectivity index (χ1) is 13.1. The van der Waals surface area contributed by atoms with Gasteiger partial charge >= 0.3 is 6.03 Å². The Labute approximate surface area is 162 Å². The number of hydrogen-bond acceptors (Lipinski definition) is 2. The molecule has 0 aliphatic carbocycles. The maximum Gasteiger partial charge on any atom is 0.319 e. The maximum atomic E-state index is 12.2. The van der Waals surface area contributed by atoms with Gasteiger partial charge in [0.15, 0.2) is 0 Å². The molecule has 0 aliphatic rings. The van der Waals surface area contributed by atoms with E-state index < -0.39 is 0 Å². The molecule has 1 atom stereocenters. The molecule has 0 radical (unpaired) electrons. The maximum absolute atomic E-state index is 12.2. The van der Waals surface area contributed by atoms with E-state index >= 15 is 0 Å². The molecular formula is C22H19ClN2O2. The number of urea groups is 1. The fraction of sp³-hybridized carbons (Fsp3) is 0.136. The molecule has 0 saturated carbocycles. The molecular weight excluding hydrogens is 360 g/mol. The molecule has 4 rings (SSSR count). The smallest absolute Gasteiger partial charge is 0.319 e. The topological polar surface area (TPSA) is 54.3 Å². The number of amides is 2. The van der Waals surface area contributed by atoms with Crippen molar-refractivity contribution in [1.29, 1.82) is 0 Å². The van der Waals surface area contributed by atoms with E-state index in [9.17, 15) is 4.79 Å². The van der Waals surface area contributed by atoms with Crippen molar-refractivity contribution in [3.63, 3.8) is 0 Å². The minimum absolute atomic E-state index is 0.0280. The second kappa shape index (κ2) is 7.33. The first kappa shape index (κ1) is 17.4. The molecule has 136 valence electrons. The highest BCUT2D eigenvalue weighted by atomic mass is 35.5. The first-order valence-electron chi connectivity index (χ1n) is 8.82. The lowest BCUT2D eigenvalue weighted by Crippen LogP contribution is -2.37. The number of rotatable bonds is 4. The molecule has 4 aromatic rings. The highest BCUT2D eigenvalue weighted by molar-refractivity contribution is 6.30. The predicted molar refractivity (Wildman–Crippen MR) is 110 cm³/mol. The summed E-state index contributed by atoms with van der Waals surface area (Å²) in [4.78, 5) is 12.2. The number of hydrogen-bond donors (Lipinski definition) is 2.